The van der Waals surface area contributed by atoms with Crippen molar-refractivity contribution >= 4 is 28.2 Å². The molecular formula is C15H19ClN2O3. The fourth-order valence-corrected chi connectivity index (χ4v) is 2.30. The summed E-state index contributed by atoms with van der Waals surface area (Å²) in [5.41, 5.74) is 0. The number of methoxy groups -OCH3 is 3. The van der Waals surface area contributed by atoms with Crippen molar-refractivity contribution in [2.45, 2.75) is 6.04 Å². The maximum Gasteiger partial charge on any atom is 0.161 e. The average molecular weight is 311 g/mol. The molecule has 0 amide bonds. The monoisotopic (exact) mass is 310 g/mol. The van der Waals surface area contributed by atoms with Gasteiger partial charge in [0.05, 0.1) is 26.9 Å². The van der Waals surface area contributed by atoms with Gasteiger partial charge in [0.2, 0.25) is 0 Å². The zero-order chi connectivity index (χ0) is 15.2. The van der Waals surface area contributed by atoms with E-state index in [1.54, 1.807) is 27.5 Å². The number of fused-ring (bicyclic) bond motifs is 1. The quantitative estimate of drug-likeness (QED) is 0.797. The molecule has 114 valence electrons. The topological polar surface area (TPSA) is 52.6 Å². The van der Waals surface area contributed by atoms with Crippen LogP contribution in [0.25, 0.3) is 10.8 Å². The third kappa shape index (κ3) is 3.49. The molecule has 6 heteroatoms. The third-order valence-corrected chi connectivity index (χ3v) is 3.54. The third-order valence-electron chi connectivity index (χ3n) is 3.16. The van der Waals surface area contributed by atoms with Gasteiger partial charge in [-0.15, -0.1) is 11.6 Å². The maximum atomic E-state index is 5.94. The molecule has 0 radical (unpaired) electrons. The normalized spacial score (nSPS) is 12.2. The number of nitrogens with zero attached hydrogens (tertiary/aromatic N) is 1. The molecule has 0 saturated heterocycles. The number of aromatic nitrogens is 1. The Labute approximate surface area is 129 Å². The molecule has 1 aromatic heterocycles. The van der Waals surface area contributed by atoms with Crippen LogP contribution in [0.5, 0.6) is 11.5 Å². The molecule has 5 nitrogen and oxygen atoms in total. The predicted molar refractivity (Wildman–Crippen MR) is 84.9 cm³/mol. The van der Waals surface area contributed by atoms with Crippen LogP contribution >= 0.6 is 11.6 Å². The summed E-state index contributed by atoms with van der Waals surface area (Å²) >= 11 is 5.94. The first-order valence-electron chi connectivity index (χ1n) is 6.55. The van der Waals surface area contributed by atoms with Gasteiger partial charge in [-0.2, -0.15) is 0 Å². The van der Waals surface area contributed by atoms with Crippen LogP contribution in [0.15, 0.2) is 24.4 Å². The first-order valence-corrected chi connectivity index (χ1v) is 7.09. The van der Waals surface area contributed by atoms with Crippen LogP contribution in [-0.2, 0) is 4.74 Å². The summed E-state index contributed by atoms with van der Waals surface area (Å²) in [6, 6.07) is 5.74. The number of hydrogen-bond donors (Lipinski definition) is 1. The van der Waals surface area contributed by atoms with Crippen LogP contribution < -0.4 is 14.8 Å². The molecule has 21 heavy (non-hydrogen) atoms. The highest BCUT2D eigenvalue weighted by Crippen LogP contribution is 2.34. The van der Waals surface area contributed by atoms with Gasteiger partial charge in [0.25, 0.3) is 0 Å². The molecule has 0 aliphatic heterocycles. The van der Waals surface area contributed by atoms with Gasteiger partial charge in [-0.1, -0.05) is 0 Å². The number of alkyl halides is 1. The SMILES string of the molecule is COCC(CCl)Nc1nccc2cc(OC)c(OC)cc12. The van der Waals surface area contributed by atoms with Gasteiger partial charge in [0.1, 0.15) is 5.82 Å². The fourth-order valence-electron chi connectivity index (χ4n) is 2.13. The van der Waals surface area contributed by atoms with Gasteiger partial charge in [-0.05, 0) is 23.6 Å². The molecule has 0 saturated carbocycles. The molecule has 0 aliphatic rings. The van der Waals surface area contributed by atoms with Crippen LogP contribution in [0, 0.1) is 0 Å². The van der Waals surface area contributed by atoms with E-state index in [0.29, 0.717) is 24.0 Å². The number of hydrogen-bond acceptors (Lipinski definition) is 5. The zero-order valence-corrected chi connectivity index (χ0v) is 13.1. The fraction of sp³-hybridized carbons (Fsp3) is 0.400. The minimum Gasteiger partial charge on any atom is -0.493 e. The Morgan fingerprint density at radius 2 is 1.90 bits per heavy atom. The Bertz CT molecular complexity index is 607. The summed E-state index contributed by atoms with van der Waals surface area (Å²) in [7, 11) is 4.87. The van der Waals surface area contributed by atoms with Crippen molar-refractivity contribution in [1.29, 1.82) is 0 Å². The maximum absolute atomic E-state index is 5.94. The number of pyridine rings is 1. The van der Waals surface area contributed by atoms with Crippen LogP contribution in [0.4, 0.5) is 5.82 Å². The van der Waals surface area contributed by atoms with E-state index < -0.39 is 0 Å². The van der Waals surface area contributed by atoms with E-state index in [9.17, 15) is 0 Å². The largest absolute Gasteiger partial charge is 0.493 e. The van der Waals surface area contributed by atoms with Gasteiger partial charge >= 0.3 is 0 Å². The van der Waals surface area contributed by atoms with Crippen molar-refractivity contribution in [1.82, 2.24) is 4.98 Å². The van der Waals surface area contributed by atoms with E-state index in [1.165, 1.54) is 0 Å². The second-order valence-electron chi connectivity index (χ2n) is 4.54. The lowest BCUT2D eigenvalue weighted by Gasteiger charge is -2.18. The van der Waals surface area contributed by atoms with Crippen molar-refractivity contribution in [3.63, 3.8) is 0 Å². The van der Waals surface area contributed by atoms with E-state index in [2.05, 4.69) is 10.3 Å². The van der Waals surface area contributed by atoms with Crippen LogP contribution in [0.3, 0.4) is 0 Å². The van der Waals surface area contributed by atoms with Crippen LogP contribution in [0.2, 0.25) is 0 Å². The Morgan fingerprint density at radius 1 is 1.19 bits per heavy atom. The summed E-state index contributed by atoms with van der Waals surface area (Å²) in [6.07, 6.45) is 1.74. The van der Waals surface area contributed by atoms with Gasteiger partial charge < -0.3 is 19.5 Å². The van der Waals surface area contributed by atoms with E-state index in [4.69, 9.17) is 25.8 Å². The predicted octanol–water partition coefficient (Wildman–Crippen LogP) is 2.92. The van der Waals surface area contributed by atoms with Crippen LogP contribution in [0.1, 0.15) is 0 Å². The van der Waals surface area contributed by atoms with E-state index in [-0.39, 0.29) is 6.04 Å². The van der Waals surface area contributed by atoms with Gasteiger partial charge in [-0.25, -0.2) is 4.98 Å². The number of anilines is 1. The number of nitrogens with one attached hydrogen (secondary N) is 1. The van der Waals surface area contributed by atoms with E-state index in [0.717, 1.165) is 16.6 Å². The zero-order valence-electron chi connectivity index (χ0n) is 12.4. The molecule has 1 atom stereocenters. The van der Waals surface area contributed by atoms with Crippen LogP contribution in [-0.4, -0.2) is 44.8 Å². The highest BCUT2D eigenvalue weighted by Gasteiger charge is 2.13. The van der Waals surface area contributed by atoms with Gasteiger partial charge in [-0.3, -0.25) is 0 Å². The highest BCUT2D eigenvalue weighted by atomic mass is 35.5. The van der Waals surface area contributed by atoms with E-state index in [1.807, 2.05) is 18.2 Å². The van der Waals surface area contributed by atoms with Crippen molar-refractivity contribution in [3.8, 4) is 11.5 Å². The summed E-state index contributed by atoms with van der Waals surface area (Å²) < 4.78 is 15.8. The summed E-state index contributed by atoms with van der Waals surface area (Å²) in [6.45, 7) is 0.509. The standard InChI is InChI=1S/C15H19ClN2O3/c1-19-9-11(8-16)18-15-12-7-14(21-3)13(20-2)6-10(12)4-5-17-15/h4-7,11H,8-9H2,1-3H3,(H,17,18). The Morgan fingerprint density at radius 3 is 2.52 bits per heavy atom. The van der Waals surface area contributed by atoms with Gasteiger partial charge in [0.15, 0.2) is 11.5 Å². The first kappa shape index (κ1) is 15.7. The Balaban J connectivity index is 2.44. The number of rotatable bonds is 7. The summed E-state index contributed by atoms with van der Waals surface area (Å²) in [5, 5.41) is 5.25. The lowest BCUT2D eigenvalue weighted by atomic mass is 10.1. The first-order chi connectivity index (χ1) is 10.2. The van der Waals surface area contributed by atoms with Gasteiger partial charge in [0, 0.05) is 24.6 Å². The molecule has 1 aromatic carbocycles. The van der Waals surface area contributed by atoms with Crippen molar-refractivity contribution in [2.24, 2.45) is 0 Å². The second kappa shape index (κ2) is 7.33. The molecule has 2 aromatic rings. The molecule has 2 rings (SSSR count). The number of ether oxygens (including phenoxy) is 3. The molecule has 1 unspecified atom stereocenters. The highest BCUT2D eigenvalue weighted by molar-refractivity contribution is 6.18. The molecule has 1 N–H and O–H groups in total. The average Bonchev–Trinajstić information content (AvgIpc) is 2.53. The minimum atomic E-state index is -0.0112. The Kier molecular flexibility index (Phi) is 5.47. The molecular weight excluding hydrogens is 292 g/mol. The molecule has 0 bridgehead atoms. The minimum absolute atomic E-state index is 0.0112. The molecule has 0 spiro atoms. The lowest BCUT2D eigenvalue weighted by Crippen LogP contribution is -2.27. The summed E-state index contributed by atoms with van der Waals surface area (Å²) in [4.78, 5) is 4.39. The molecule has 0 aliphatic carbocycles. The van der Waals surface area contributed by atoms with Crippen molar-refractivity contribution in [3.05, 3.63) is 24.4 Å². The summed E-state index contributed by atoms with van der Waals surface area (Å²) in [5.74, 6) is 2.53. The van der Waals surface area contributed by atoms with E-state index >= 15 is 0 Å². The van der Waals surface area contributed by atoms with Crippen molar-refractivity contribution < 1.29 is 14.2 Å². The molecule has 0 fully saturated rings. The Hall–Kier alpha value is -1.72. The molecule has 1 heterocycles. The number of halogens is 1. The second-order valence-corrected chi connectivity index (χ2v) is 4.85. The van der Waals surface area contributed by atoms with Crippen molar-refractivity contribution in [2.75, 3.05) is 39.1 Å². The lowest BCUT2D eigenvalue weighted by molar-refractivity contribution is 0.191. The smallest absolute Gasteiger partial charge is 0.161 e. The number of benzene rings is 1.